The number of rotatable bonds is 7. The Morgan fingerprint density at radius 3 is 2.75 bits per heavy atom. The molecule has 8 nitrogen and oxygen atoms in total. The van der Waals surface area contributed by atoms with Crippen LogP contribution in [0.25, 0.3) is 0 Å². The maximum atomic E-state index is 5.35. The van der Waals surface area contributed by atoms with Crippen LogP contribution in [0, 0.1) is 5.92 Å². The fraction of sp³-hybridized carbons (Fsp3) is 0.750. The molecule has 0 aliphatic carbocycles. The van der Waals surface area contributed by atoms with Crippen molar-refractivity contribution in [2.75, 3.05) is 43.5 Å². The molecule has 1 aliphatic rings. The summed E-state index contributed by atoms with van der Waals surface area (Å²) in [5.41, 5.74) is 2.42. The minimum atomic E-state index is 0.277. The van der Waals surface area contributed by atoms with Gasteiger partial charge in [0.2, 0.25) is 11.9 Å². The number of aromatic nitrogens is 3. The molecule has 1 saturated heterocycles. The smallest absolute Gasteiger partial charge is 0.323 e. The van der Waals surface area contributed by atoms with E-state index in [9.17, 15) is 0 Å². The van der Waals surface area contributed by atoms with Crippen molar-refractivity contribution in [3.8, 4) is 6.01 Å². The second-order valence-corrected chi connectivity index (χ2v) is 4.77. The highest BCUT2D eigenvalue weighted by Crippen LogP contribution is 2.17. The Hall–Kier alpha value is -1.67. The predicted octanol–water partition coefficient (Wildman–Crippen LogP) is 0.310. The molecular weight excluding hydrogens is 258 g/mol. The van der Waals surface area contributed by atoms with Crippen molar-refractivity contribution in [3.05, 3.63) is 0 Å². The third-order valence-corrected chi connectivity index (χ3v) is 3.38. The Kier molecular flexibility index (Phi) is 5.31. The molecule has 0 bridgehead atoms. The molecule has 0 saturated carbocycles. The number of anilines is 2. The molecule has 1 aromatic rings. The lowest BCUT2D eigenvalue weighted by Gasteiger charge is -2.14. The molecule has 1 aromatic heterocycles. The molecule has 1 aliphatic heterocycles. The molecular formula is C12H23N7O. The molecule has 2 rings (SSSR count). The molecule has 1 unspecified atom stereocenters. The predicted molar refractivity (Wildman–Crippen MR) is 77.5 cm³/mol. The Balaban J connectivity index is 1.93. The Labute approximate surface area is 119 Å². The topological polar surface area (TPSA) is 101 Å². The van der Waals surface area contributed by atoms with E-state index in [1.165, 1.54) is 13.0 Å². The highest BCUT2D eigenvalue weighted by Gasteiger charge is 2.21. The van der Waals surface area contributed by atoms with Crippen LogP contribution in [0.15, 0.2) is 0 Å². The highest BCUT2D eigenvalue weighted by molar-refractivity contribution is 5.34. The zero-order chi connectivity index (χ0) is 14.4. The minimum Gasteiger partial charge on any atom is -0.464 e. The van der Waals surface area contributed by atoms with Crippen LogP contribution in [-0.4, -0.2) is 52.6 Å². The van der Waals surface area contributed by atoms with Gasteiger partial charge in [0.15, 0.2) is 0 Å². The zero-order valence-electron chi connectivity index (χ0n) is 12.1. The third kappa shape index (κ3) is 3.91. The van der Waals surface area contributed by atoms with Gasteiger partial charge in [0, 0.05) is 13.1 Å². The van der Waals surface area contributed by atoms with Gasteiger partial charge in [-0.15, -0.1) is 0 Å². The van der Waals surface area contributed by atoms with Crippen molar-refractivity contribution >= 4 is 11.9 Å². The lowest BCUT2D eigenvalue weighted by molar-refractivity contribution is 0.312. The van der Waals surface area contributed by atoms with Crippen LogP contribution in [0.4, 0.5) is 11.9 Å². The summed E-state index contributed by atoms with van der Waals surface area (Å²) in [5, 5.41) is 3.24. The number of nitrogens with one attached hydrogen (secondary N) is 2. The second-order valence-electron chi connectivity index (χ2n) is 4.77. The van der Waals surface area contributed by atoms with E-state index in [4.69, 9.17) is 10.6 Å². The Bertz CT molecular complexity index is 428. The normalized spacial score (nSPS) is 19.1. The molecule has 20 heavy (non-hydrogen) atoms. The van der Waals surface area contributed by atoms with E-state index in [0.29, 0.717) is 24.4 Å². The number of hydrogen-bond acceptors (Lipinski definition) is 8. The zero-order valence-corrected chi connectivity index (χ0v) is 12.1. The quantitative estimate of drug-likeness (QED) is 0.485. The summed E-state index contributed by atoms with van der Waals surface area (Å²) < 4.78 is 5.29. The first kappa shape index (κ1) is 14.7. The van der Waals surface area contributed by atoms with Gasteiger partial charge in [0.25, 0.3) is 0 Å². The minimum absolute atomic E-state index is 0.277. The average molecular weight is 281 g/mol. The maximum Gasteiger partial charge on any atom is 0.323 e. The van der Waals surface area contributed by atoms with Crippen molar-refractivity contribution in [2.24, 2.45) is 11.8 Å². The summed E-state index contributed by atoms with van der Waals surface area (Å²) in [5.74, 6) is 6.76. The Morgan fingerprint density at radius 1 is 1.30 bits per heavy atom. The number of nitrogen functional groups attached to an aromatic ring is 1. The molecule has 2 heterocycles. The molecule has 8 heteroatoms. The standard InChI is InChI=1S/C12H23N7O/c1-3-19-6-5-9(8-19)7-14-10-15-11(18-13)17-12(16-10)20-4-2/h9H,3-8,13H2,1-2H3,(H2,14,15,16,17,18). The van der Waals surface area contributed by atoms with Crippen LogP contribution < -0.4 is 21.3 Å². The average Bonchev–Trinajstić information content (AvgIpc) is 2.93. The van der Waals surface area contributed by atoms with Crippen LogP contribution in [0.3, 0.4) is 0 Å². The van der Waals surface area contributed by atoms with E-state index in [2.05, 4.69) is 37.5 Å². The van der Waals surface area contributed by atoms with Gasteiger partial charge in [-0.1, -0.05) is 6.92 Å². The van der Waals surface area contributed by atoms with Gasteiger partial charge in [0.05, 0.1) is 6.61 Å². The first-order valence-electron chi connectivity index (χ1n) is 7.06. The second kappa shape index (κ2) is 7.20. The van der Waals surface area contributed by atoms with Gasteiger partial charge in [-0.3, -0.25) is 5.43 Å². The molecule has 0 radical (unpaired) electrons. The summed E-state index contributed by atoms with van der Waals surface area (Å²) in [6.07, 6.45) is 1.20. The highest BCUT2D eigenvalue weighted by atomic mass is 16.5. The van der Waals surface area contributed by atoms with Gasteiger partial charge >= 0.3 is 6.01 Å². The summed E-state index contributed by atoms with van der Waals surface area (Å²) in [6.45, 7) is 8.81. The fourth-order valence-corrected chi connectivity index (χ4v) is 2.30. The number of nitrogens with zero attached hydrogens (tertiary/aromatic N) is 4. The van der Waals surface area contributed by atoms with E-state index in [1.54, 1.807) is 0 Å². The van der Waals surface area contributed by atoms with E-state index in [0.717, 1.165) is 19.6 Å². The third-order valence-electron chi connectivity index (χ3n) is 3.38. The van der Waals surface area contributed by atoms with Gasteiger partial charge < -0.3 is 15.0 Å². The molecule has 1 atom stereocenters. The van der Waals surface area contributed by atoms with Crippen molar-refractivity contribution in [2.45, 2.75) is 20.3 Å². The number of hydrazine groups is 1. The molecule has 0 aromatic carbocycles. The van der Waals surface area contributed by atoms with Crippen LogP contribution in [0.2, 0.25) is 0 Å². The number of likely N-dealkylation sites (tertiary alicyclic amines) is 1. The molecule has 112 valence electrons. The number of hydrogen-bond donors (Lipinski definition) is 3. The monoisotopic (exact) mass is 281 g/mol. The van der Waals surface area contributed by atoms with Crippen LogP contribution in [-0.2, 0) is 0 Å². The largest absolute Gasteiger partial charge is 0.464 e. The first-order chi connectivity index (χ1) is 9.75. The van der Waals surface area contributed by atoms with Gasteiger partial charge in [-0.2, -0.15) is 15.0 Å². The lowest BCUT2D eigenvalue weighted by Crippen LogP contribution is -2.23. The molecule has 0 amide bonds. The van der Waals surface area contributed by atoms with Gasteiger partial charge in [0.1, 0.15) is 0 Å². The van der Waals surface area contributed by atoms with Crippen molar-refractivity contribution in [1.82, 2.24) is 19.9 Å². The SMILES string of the molecule is CCOc1nc(NN)nc(NCC2CCN(CC)C2)n1. The van der Waals surface area contributed by atoms with Gasteiger partial charge in [-0.25, -0.2) is 5.84 Å². The van der Waals surface area contributed by atoms with Crippen LogP contribution >= 0.6 is 0 Å². The summed E-state index contributed by atoms with van der Waals surface area (Å²) in [7, 11) is 0. The fourth-order valence-electron chi connectivity index (χ4n) is 2.30. The van der Waals surface area contributed by atoms with E-state index >= 15 is 0 Å². The maximum absolute atomic E-state index is 5.35. The van der Waals surface area contributed by atoms with Crippen molar-refractivity contribution in [1.29, 1.82) is 0 Å². The van der Waals surface area contributed by atoms with E-state index in [-0.39, 0.29) is 6.01 Å². The van der Waals surface area contributed by atoms with Crippen molar-refractivity contribution in [3.63, 3.8) is 0 Å². The van der Waals surface area contributed by atoms with E-state index in [1.807, 2.05) is 6.92 Å². The van der Waals surface area contributed by atoms with Crippen molar-refractivity contribution < 1.29 is 4.74 Å². The lowest BCUT2D eigenvalue weighted by atomic mass is 10.1. The van der Waals surface area contributed by atoms with Crippen LogP contribution in [0.5, 0.6) is 6.01 Å². The summed E-state index contributed by atoms with van der Waals surface area (Å²) >= 11 is 0. The van der Waals surface area contributed by atoms with Gasteiger partial charge in [-0.05, 0) is 32.4 Å². The summed E-state index contributed by atoms with van der Waals surface area (Å²) in [6, 6.07) is 0.277. The first-order valence-corrected chi connectivity index (χ1v) is 7.06. The van der Waals surface area contributed by atoms with Crippen LogP contribution in [0.1, 0.15) is 20.3 Å². The molecule has 1 fully saturated rings. The molecule has 0 spiro atoms. The number of nitrogens with two attached hydrogens (primary N) is 1. The van der Waals surface area contributed by atoms with E-state index < -0.39 is 0 Å². The Morgan fingerprint density at radius 2 is 2.10 bits per heavy atom. The summed E-state index contributed by atoms with van der Waals surface area (Å²) in [4.78, 5) is 14.8. The number of ether oxygens (including phenoxy) is 1. The molecule has 4 N–H and O–H groups in total.